The van der Waals surface area contributed by atoms with E-state index in [1.165, 1.54) is 4.88 Å². The van der Waals surface area contributed by atoms with Gasteiger partial charge in [-0.2, -0.15) is 0 Å². The first kappa shape index (κ1) is 22.3. The average Bonchev–Trinajstić information content (AvgIpc) is 3.35. The molecule has 2 fully saturated rings. The highest BCUT2D eigenvalue weighted by atomic mass is 32.1. The highest BCUT2D eigenvalue weighted by Crippen LogP contribution is 2.25. The van der Waals surface area contributed by atoms with Crippen LogP contribution in [-0.4, -0.2) is 53.9 Å². The molecule has 1 amide bonds. The smallest absolute Gasteiger partial charge is 0.220 e. The third-order valence-electron chi connectivity index (χ3n) is 5.57. The number of hydrogen-bond acceptors (Lipinski definition) is 5. The second kappa shape index (κ2) is 10.6. The van der Waals surface area contributed by atoms with E-state index < -0.39 is 5.60 Å². The lowest BCUT2D eigenvalue weighted by atomic mass is 9.92. The number of carbonyl (C=O) groups is 1. The molecular formula is C23H34N2O3S. The summed E-state index contributed by atoms with van der Waals surface area (Å²) in [5, 5.41) is 12.7. The van der Waals surface area contributed by atoms with Crippen molar-refractivity contribution in [3.05, 3.63) is 21.9 Å². The van der Waals surface area contributed by atoms with E-state index in [-0.39, 0.29) is 12.0 Å². The van der Waals surface area contributed by atoms with Gasteiger partial charge in [0.15, 0.2) is 0 Å². The molecule has 0 radical (unpaired) electrons. The van der Waals surface area contributed by atoms with Crippen LogP contribution in [0.25, 0.3) is 0 Å². The zero-order chi connectivity index (χ0) is 20.7. The van der Waals surface area contributed by atoms with Gasteiger partial charge in [0.2, 0.25) is 5.91 Å². The van der Waals surface area contributed by atoms with Gasteiger partial charge in [0.1, 0.15) is 5.60 Å². The Kier molecular flexibility index (Phi) is 8.14. The highest BCUT2D eigenvalue weighted by Gasteiger charge is 2.21. The summed E-state index contributed by atoms with van der Waals surface area (Å²) in [6.07, 6.45) is 6.34. The Labute approximate surface area is 178 Å². The molecule has 0 saturated carbocycles. The number of nitrogens with one attached hydrogen (secondary N) is 1. The van der Waals surface area contributed by atoms with Gasteiger partial charge < -0.3 is 15.2 Å². The fraction of sp³-hybridized carbons (Fsp3) is 0.696. The molecule has 0 bridgehead atoms. The number of thiophene rings is 1. The average molecular weight is 419 g/mol. The maximum Gasteiger partial charge on any atom is 0.220 e. The van der Waals surface area contributed by atoms with Crippen LogP contribution in [0.5, 0.6) is 0 Å². The summed E-state index contributed by atoms with van der Waals surface area (Å²) in [6, 6.07) is 4.18. The Hall–Kier alpha value is -1.39. The molecule has 6 heteroatoms. The van der Waals surface area contributed by atoms with E-state index in [9.17, 15) is 9.90 Å². The molecule has 1 aromatic rings. The van der Waals surface area contributed by atoms with Crippen molar-refractivity contribution < 1.29 is 14.6 Å². The largest absolute Gasteiger partial charge is 0.378 e. The Morgan fingerprint density at radius 2 is 2.14 bits per heavy atom. The Bertz CT molecular complexity index is 714. The van der Waals surface area contributed by atoms with Crippen molar-refractivity contribution in [2.24, 2.45) is 5.92 Å². The number of ether oxygens (including phenoxy) is 1. The third kappa shape index (κ3) is 8.10. The summed E-state index contributed by atoms with van der Waals surface area (Å²) in [5.74, 6) is 6.75. The first-order valence-corrected chi connectivity index (χ1v) is 11.6. The van der Waals surface area contributed by atoms with Crippen LogP contribution in [0, 0.1) is 17.8 Å². The van der Waals surface area contributed by atoms with E-state index in [1.807, 2.05) is 6.07 Å². The SMILES string of the molecule is CC(C)(O)C#Cc1ccc(CN2CCC(CCC(=O)NCC3CCCO3)CC2)s1. The summed E-state index contributed by atoms with van der Waals surface area (Å²) in [7, 11) is 0. The van der Waals surface area contributed by atoms with Crippen molar-refractivity contribution in [1.82, 2.24) is 10.2 Å². The first-order valence-electron chi connectivity index (χ1n) is 10.8. The number of carbonyl (C=O) groups excluding carboxylic acids is 1. The summed E-state index contributed by atoms with van der Waals surface area (Å²) in [4.78, 5) is 16.9. The van der Waals surface area contributed by atoms with Crippen molar-refractivity contribution in [1.29, 1.82) is 0 Å². The molecule has 2 N–H and O–H groups in total. The van der Waals surface area contributed by atoms with Crippen LogP contribution in [0.1, 0.15) is 62.1 Å². The van der Waals surface area contributed by atoms with E-state index in [0.29, 0.717) is 18.9 Å². The number of hydrogen-bond donors (Lipinski definition) is 2. The van der Waals surface area contributed by atoms with Crippen molar-refractivity contribution in [3.8, 4) is 11.8 Å². The zero-order valence-electron chi connectivity index (χ0n) is 17.7. The van der Waals surface area contributed by atoms with Gasteiger partial charge in [-0.05, 0) is 77.1 Å². The Morgan fingerprint density at radius 1 is 1.34 bits per heavy atom. The molecule has 3 heterocycles. The van der Waals surface area contributed by atoms with E-state index in [2.05, 4.69) is 28.1 Å². The number of piperidine rings is 1. The fourth-order valence-electron chi connectivity index (χ4n) is 3.85. The lowest BCUT2D eigenvalue weighted by Gasteiger charge is -2.31. The molecule has 0 spiro atoms. The minimum absolute atomic E-state index is 0.168. The molecule has 2 saturated heterocycles. The van der Waals surface area contributed by atoms with Gasteiger partial charge in [-0.25, -0.2) is 0 Å². The van der Waals surface area contributed by atoms with Gasteiger partial charge in [0.25, 0.3) is 0 Å². The summed E-state index contributed by atoms with van der Waals surface area (Å²) in [6.45, 7) is 8.04. The molecule has 1 aromatic heterocycles. The number of aliphatic hydroxyl groups is 1. The predicted molar refractivity (Wildman–Crippen MR) is 117 cm³/mol. The molecule has 1 atom stereocenters. The van der Waals surface area contributed by atoms with Gasteiger partial charge in [0, 0.05) is 31.0 Å². The molecule has 5 nitrogen and oxygen atoms in total. The van der Waals surface area contributed by atoms with Crippen molar-refractivity contribution in [2.45, 2.75) is 70.6 Å². The first-order chi connectivity index (χ1) is 13.9. The molecule has 160 valence electrons. The molecular weight excluding hydrogens is 384 g/mol. The van der Waals surface area contributed by atoms with Crippen LogP contribution < -0.4 is 5.32 Å². The Balaban J connectivity index is 1.32. The second-order valence-corrected chi connectivity index (χ2v) is 9.94. The van der Waals surface area contributed by atoms with Gasteiger partial charge in [-0.1, -0.05) is 11.8 Å². The maximum absolute atomic E-state index is 12.1. The van der Waals surface area contributed by atoms with Crippen LogP contribution >= 0.6 is 11.3 Å². The fourth-order valence-corrected chi connectivity index (χ4v) is 4.76. The van der Waals surface area contributed by atoms with E-state index >= 15 is 0 Å². The molecule has 2 aliphatic rings. The van der Waals surface area contributed by atoms with Crippen LogP contribution in [-0.2, 0) is 16.1 Å². The van der Waals surface area contributed by atoms with Gasteiger partial charge in [-0.3, -0.25) is 9.69 Å². The normalized spacial score (nSPS) is 21.0. The van der Waals surface area contributed by atoms with Crippen molar-refractivity contribution in [3.63, 3.8) is 0 Å². The number of rotatable bonds is 7. The summed E-state index contributed by atoms with van der Waals surface area (Å²) >= 11 is 1.71. The van der Waals surface area contributed by atoms with Crippen LogP contribution in [0.4, 0.5) is 0 Å². The summed E-state index contributed by atoms with van der Waals surface area (Å²) in [5.41, 5.74) is -0.951. The lowest BCUT2D eigenvalue weighted by molar-refractivity contribution is -0.122. The monoisotopic (exact) mass is 418 g/mol. The zero-order valence-corrected chi connectivity index (χ0v) is 18.5. The standard InChI is InChI=1S/C23H34N2O3S/c1-23(2,27)12-9-20-6-7-21(29-20)17-25-13-10-18(11-14-25)5-8-22(26)24-16-19-4-3-15-28-19/h6-7,18-19,27H,3-5,8,10-11,13-17H2,1-2H3,(H,24,26). The van der Waals surface area contributed by atoms with E-state index in [0.717, 1.165) is 63.2 Å². The molecule has 0 aromatic carbocycles. The maximum atomic E-state index is 12.1. The van der Waals surface area contributed by atoms with Gasteiger partial charge >= 0.3 is 0 Å². The van der Waals surface area contributed by atoms with Crippen LogP contribution in [0.2, 0.25) is 0 Å². The van der Waals surface area contributed by atoms with Gasteiger partial charge in [0.05, 0.1) is 11.0 Å². The topological polar surface area (TPSA) is 61.8 Å². The lowest BCUT2D eigenvalue weighted by Crippen LogP contribution is -2.34. The predicted octanol–water partition coefficient (Wildman–Crippen LogP) is 3.16. The minimum atomic E-state index is -0.951. The molecule has 29 heavy (non-hydrogen) atoms. The molecule has 2 aliphatic heterocycles. The van der Waals surface area contributed by atoms with Crippen molar-refractivity contribution >= 4 is 17.2 Å². The van der Waals surface area contributed by atoms with E-state index in [4.69, 9.17) is 4.74 Å². The third-order valence-corrected chi connectivity index (χ3v) is 6.56. The number of likely N-dealkylation sites (tertiary alicyclic amines) is 1. The van der Waals surface area contributed by atoms with Crippen LogP contribution in [0.15, 0.2) is 12.1 Å². The summed E-state index contributed by atoms with van der Waals surface area (Å²) < 4.78 is 5.55. The Morgan fingerprint density at radius 3 is 2.83 bits per heavy atom. The molecule has 0 aliphatic carbocycles. The second-order valence-electron chi connectivity index (χ2n) is 8.77. The van der Waals surface area contributed by atoms with Crippen molar-refractivity contribution in [2.75, 3.05) is 26.2 Å². The minimum Gasteiger partial charge on any atom is -0.378 e. The molecule has 3 rings (SSSR count). The number of nitrogens with zero attached hydrogens (tertiary/aromatic N) is 1. The van der Waals surface area contributed by atoms with Gasteiger partial charge in [-0.15, -0.1) is 11.3 Å². The van der Waals surface area contributed by atoms with E-state index in [1.54, 1.807) is 25.2 Å². The van der Waals surface area contributed by atoms with Crippen LogP contribution in [0.3, 0.4) is 0 Å². The quantitative estimate of drug-likeness (QED) is 0.668. The highest BCUT2D eigenvalue weighted by molar-refractivity contribution is 7.12. The molecule has 1 unspecified atom stereocenters. The number of amides is 1.